The standard InChI is InChI=1S/C13H14N4O/c1-16-7-6-11(15-16)13(18)17-8-5-9-10(14)3-2-4-12(9)17/h2-4,6-7H,5,8,14H2,1H3. The number of hydrogen-bond acceptors (Lipinski definition) is 3. The predicted molar refractivity (Wildman–Crippen MR) is 69.4 cm³/mol. The van der Waals surface area contributed by atoms with Crippen molar-refractivity contribution in [3.05, 3.63) is 41.7 Å². The van der Waals surface area contributed by atoms with Crippen molar-refractivity contribution >= 4 is 17.3 Å². The lowest BCUT2D eigenvalue weighted by molar-refractivity contribution is 0.0984. The van der Waals surface area contributed by atoms with Gasteiger partial charge in [-0.3, -0.25) is 9.48 Å². The van der Waals surface area contributed by atoms with Gasteiger partial charge in [0.15, 0.2) is 5.69 Å². The number of amides is 1. The van der Waals surface area contributed by atoms with Crippen molar-refractivity contribution in [1.29, 1.82) is 0 Å². The first-order valence-corrected chi connectivity index (χ1v) is 5.85. The van der Waals surface area contributed by atoms with E-state index >= 15 is 0 Å². The van der Waals surface area contributed by atoms with Crippen LogP contribution in [0.1, 0.15) is 16.1 Å². The summed E-state index contributed by atoms with van der Waals surface area (Å²) in [5, 5.41) is 4.14. The van der Waals surface area contributed by atoms with E-state index in [0.29, 0.717) is 12.2 Å². The molecule has 1 aromatic carbocycles. The van der Waals surface area contributed by atoms with Crippen LogP contribution in [-0.2, 0) is 13.5 Å². The van der Waals surface area contributed by atoms with Crippen molar-refractivity contribution in [3.8, 4) is 0 Å². The summed E-state index contributed by atoms with van der Waals surface area (Å²) in [7, 11) is 1.80. The first kappa shape index (κ1) is 10.8. The molecule has 92 valence electrons. The maximum Gasteiger partial charge on any atom is 0.278 e. The third kappa shape index (κ3) is 1.55. The highest BCUT2D eigenvalue weighted by Crippen LogP contribution is 2.32. The van der Waals surface area contributed by atoms with Crippen molar-refractivity contribution in [2.24, 2.45) is 7.05 Å². The molecule has 0 fully saturated rings. The molecule has 0 aliphatic carbocycles. The van der Waals surface area contributed by atoms with Gasteiger partial charge in [0.1, 0.15) is 0 Å². The number of nitrogens with two attached hydrogens (primary N) is 1. The zero-order chi connectivity index (χ0) is 12.7. The number of anilines is 2. The van der Waals surface area contributed by atoms with Gasteiger partial charge < -0.3 is 10.6 Å². The molecule has 1 aromatic heterocycles. The highest BCUT2D eigenvalue weighted by atomic mass is 16.2. The van der Waals surface area contributed by atoms with E-state index in [2.05, 4.69) is 5.10 Å². The average molecular weight is 242 g/mol. The van der Waals surface area contributed by atoms with Crippen molar-refractivity contribution in [2.45, 2.75) is 6.42 Å². The van der Waals surface area contributed by atoms with E-state index in [1.54, 1.807) is 28.9 Å². The molecular weight excluding hydrogens is 228 g/mol. The second kappa shape index (κ2) is 3.87. The topological polar surface area (TPSA) is 64.2 Å². The van der Waals surface area contributed by atoms with E-state index in [0.717, 1.165) is 23.4 Å². The lowest BCUT2D eigenvalue weighted by Gasteiger charge is -2.16. The Morgan fingerprint density at radius 2 is 2.22 bits per heavy atom. The van der Waals surface area contributed by atoms with E-state index in [9.17, 15) is 4.79 Å². The minimum Gasteiger partial charge on any atom is -0.398 e. The number of benzene rings is 1. The van der Waals surface area contributed by atoms with E-state index in [4.69, 9.17) is 5.73 Å². The van der Waals surface area contributed by atoms with Gasteiger partial charge in [-0.05, 0) is 24.6 Å². The van der Waals surface area contributed by atoms with Crippen LogP contribution in [-0.4, -0.2) is 22.2 Å². The molecule has 0 atom stereocenters. The summed E-state index contributed by atoms with van der Waals surface area (Å²) in [6.07, 6.45) is 2.57. The van der Waals surface area contributed by atoms with Crippen molar-refractivity contribution < 1.29 is 4.79 Å². The summed E-state index contributed by atoms with van der Waals surface area (Å²) in [6.45, 7) is 0.666. The molecule has 0 bridgehead atoms. The maximum atomic E-state index is 12.3. The van der Waals surface area contributed by atoms with Crippen LogP contribution in [0.2, 0.25) is 0 Å². The van der Waals surface area contributed by atoms with Gasteiger partial charge in [-0.15, -0.1) is 0 Å². The predicted octanol–water partition coefficient (Wildman–Crippen LogP) is 1.21. The molecule has 0 unspecified atom stereocenters. The molecular formula is C13H14N4O. The van der Waals surface area contributed by atoms with Crippen LogP contribution in [0.4, 0.5) is 11.4 Å². The normalized spacial score (nSPS) is 13.7. The van der Waals surface area contributed by atoms with Crippen LogP contribution >= 0.6 is 0 Å². The summed E-state index contributed by atoms with van der Waals surface area (Å²) in [5.41, 5.74) is 9.10. The Morgan fingerprint density at radius 1 is 1.39 bits per heavy atom. The van der Waals surface area contributed by atoms with Crippen LogP contribution in [0.3, 0.4) is 0 Å². The monoisotopic (exact) mass is 242 g/mol. The molecule has 0 spiro atoms. The largest absolute Gasteiger partial charge is 0.398 e. The van der Waals surface area contributed by atoms with Gasteiger partial charge in [0, 0.05) is 36.7 Å². The maximum absolute atomic E-state index is 12.3. The van der Waals surface area contributed by atoms with E-state index in [1.807, 2.05) is 18.2 Å². The molecule has 1 amide bonds. The Hall–Kier alpha value is -2.30. The second-order valence-electron chi connectivity index (χ2n) is 4.43. The second-order valence-corrected chi connectivity index (χ2v) is 4.43. The minimum atomic E-state index is -0.0695. The fraction of sp³-hybridized carbons (Fsp3) is 0.231. The third-order valence-electron chi connectivity index (χ3n) is 3.24. The van der Waals surface area contributed by atoms with Gasteiger partial charge in [-0.25, -0.2) is 0 Å². The van der Waals surface area contributed by atoms with Crippen LogP contribution < -0.4 is 10.6 Å². The zero-order valence-corrected chi connectivity index (χ0v) is 10.1. The molecule has 5 nitrogen and oxygen atoms in total. The number of aryl methyl sites for hydroxylation is 1. The van der Waals surface area contributed by atoms with Crippen LogP contribution in [0.15, 0.2) is 30.5 Å². The average Bonchev–Trinajstić information content (AvgIpc) is 2.95. The summed E-state index contributed by atoms with van der Waals surface area (Å²) in [6, 6.07) is 7.40. The SMILES string of the molecule is Cn1ccc(C(=O)N2CCc3c(N)cccc32)n1. The molecule has 18 heavy (non-hydrogen) atoms. The Kier molecular flexibility index (Phi) is 2.33. The molecule has 2 aromatic rings. The lowest BCUT2D eigenvalue weighted by Crippen LogP contribution is -2.29. The molecule has 0 saturated carbocycles. The number of hydrogen-bond donors (Lipinski definition) is 1. The third-order valence-corrected chi connectivity index (χ3v) is 3.24. The number of rotatable bonds is 1. The number of carbonyl (C=O) groups is 1. The summed E-state index contributed by atoms with van der Waals surface area (Å²) >= 11 is 0. The summed E-state index contributed by atoms with van der Waals surface area (Å²) in [5.74, 6) is -0.0695. The Bertz CT molecular complexity index is 617. The molecule has 1 aliphatic rings. The lowest BCUT2D eigenvalue weighted by atomic mass is 10.1. The van der Waals surface area contributed by atoms with E-state index in [-0.39, 0.29) is 5.91 Å². The molecule has 0 saturated heterocycles. The highest BCUT2D eigenvalue weighted by molar-refractivity contribution is 6.06. The van der Waals surface area contributed by atoms with Gasteiger partial charge in [0.25, 0.3) is 5.91 Å². The van der Waals surface area contributed by atoms with Crippen molar-refractivity contribution in [1.82, 2.24) is 9.78 Å². The van der Waals surface area contributed by atoms with Gasteiger partial charge in [-0.1, -0.05) is 6.07 Å². The fourth-order valence-corrected chi connectivity index (χ4v) is 2.34. The number of fused-ring (bicyclic) bond motifs is 1. The van der Waals surface area contributed by atoms with E-state index < -0.39 is 0 Å². The molecule has 2 N–H and O–H groups in total. The Morgan fingerprint density at radius 3 is 2.94 bits per heavy atom. The number of nitrogen functional groups attached to an aromatic ring is 1. The zero-order valence-electron chi connectivity index (χ0n) is 10.1. The number of nitrogens with zero attached hydrogens (tertiary/aromatic N) is 3. The quantitative estimate of drug-likeness (QED) is 0.764. The summed E-state index contributed by atoms with van der Waals surface area (Å²) in [4.78, 5) is 14.1. The summed E-state index contributed by atoms with van der Waals surface area (Å²) < 4.78 is 1.63. The molecule has 2 heterocycles. The van der Waals surface area contributed by atoms with E-state index in [1.165, 1.54) is 0 Å². The molecule has 1 aliphatic heterocycles. The van der Waals surface area contributed by atoms with Gasteiger partial charge in [0.2, 0.25) is 0 Å². The molecule has 3 rings (SSSR count). The molecule has 5 heteroatoms. The number of aromatic nitrogens is 2. The van der Waals surface area contributed by atoms with Crippen LogP contribution in [0.5, 0.6) is 0 Å². The minimum absolute atomic E-state index is 0.0695. The molecule has 0 radical (unpaired) electrons. The Labute approximate surface area is 105 Å². The van der Waals surface area contributed by atoms with Gasteiger partial charge in [0.05, 0.1) is 0 Å². The first-order chi connectivity index (χ1) is 8.66. The van der Waals surface area contributed by atoms with Gasteiger partial charge in [-0.2, -0.15) is 5.10 Å². The Balaban J connectivity index is 1.97. The van der Waals surface area contributed by atoms with Gasteiger partial charge >= 0.3 is 0 Å². The van der Waals surface area contributed by atoms with Crippen molar-refractivity contribution in [3.63, 3.8) is 0 Å². The van der Waals surface area contributed by atoms with Crippen LogP contribution in [0, 0.1) is 0 Å². The van der Waals surface area contributed by atoms with Crippen LogP contribution in [0.25, 0.3) is 0 Å². The smallest absolute Gasteiger partial charge is 0.278 e. The first-order valence-electron chi connectivity index (χ1n) is 5.85. The number of carbonyl (C=O) groups excluding carboxylic acids is 1. The fourth-order valence-electron chi connectivity index (χ4n) is 2.34. The van der Waals surface area contributed by atoms with Crippen molar-refractivity contribution in [2.75, 3.05) is 17.2 Å². The highest BCUT2D eigenvalue weighted by Gasteiger charge is 2.27.